The van der Waals surface area contributed by atoms with Crippen LogP contribution in [-0.4, -0.2) is 5.91 Å². The van der Waals surface area contributed by atoms with Crippen molar-refractivity contribution < 1.29 is 4.79 Å². The van der Waals surface area contributed by atoms with Crippen LogP contribution in [-0.2, 0) is 10.3 Å². The first kappa shape index (κ1) is 13.1. The summed E-state index contributed by atoms with van der Waals surface area (Å²) in [5, 5.41) is 9.85. The normalized spacial score (nSPS) is 21.4. The molecular weight excluding hydrogens is 260 g/mol. The maximum Gasteiger partial charge on any atom is 0.255 e. The molecule has 0 radical (unpaired) electrons. The third kappa shape index (κ3) is 1.93. The van der Waals surface area contributed by atoms with E-state index in [4.69, 9.17) is 0 Å². The molecule has 0 spiro atoms. The number of para-hydroxylation sites is 1. The lowest BCUT2D eigenvalue weighted by Crippen LogP contribution is -2.42. The van der Waals surface area contributed by atoms with Gasteiger partial charge in [-0.2, -0.15) is 5.26 Å². The van der Waals surface area contributed by atoms with Gasteiger partial charge in [-0.15, -0.1) is 0 Å². The zero-order valence-electron chi connectivity index (χ0n) is 11.5. The van der Waals surface area contributed by atoms with Crippen LogP contribution in [0.2, 0.25) is 0 Å². The Morgan fingerprint density at radius 2 is 1.62 bits per heavy atom. The summed E-state index contributed by atoms with van der Waals surface area (Å²) < 4.78 is 0. The zero-order valence-corrected chi connectivity index (χ0v) is 11.5. The van der Waals surface area contributed by atoms with Gasteiger partial charge in [-0.25, -0.2) is 0 Å². The van der Waals surface area contributed by atoms with Crippen molar-refractivity contribution in [3.05, 3.63) is 78.4 Å². The lowest BCUT2D eigenvalue weighted by molar-refractivity contribution is -0.114. The van der Waals surface area contributed by atoms with Crippen LogP contribution in [0.25, 0.3) is 0 Å². The van der Waals surface area contributed by atoms with E-state index in [0.29, 0.717) is 17.7 Å². The van der Waals surface area contributed by atoms with Gasteiger partial charge in [0, 0.05) is 17.7 Å². The number of carbonyl (C=O) groups is 1. The topological polar surface area (TPSA) is 44.1 Å². The Hall–Kier alpha value is -2.86. The summed E-state index contributed by atoms with van der Waals surface area (Å²) in [5.74, 6) is -0.188. The Bertz CT molecular complexity index is 731. The quantitative estimate of drug-likeness (QED) is 0.788. The summed E-state index contributed by atoms with van der Waals surface area (Å²) in [4.78, 5) is 14.1. The van der Waals surface area contributed by atoms with E-state index in [2.05, 4.69) is 12.6 Å². The second-order valence-electron chi connectivity index (χ2n) is 5.09. The van der Waals surface area contributed by atoms with Crippen LogP contribution in [0.15, 0.2) is 72.8 Å². The molecule has 21 heavy (non-hydrogen) atoms. The molecule has 1 fully saturated rings. The summed E-state index contributed by atoms with van der Waals surface area (Å²) in [5.41, 5.74) is 0.968. The third-order valence-electron chi connectivity index (χ3n) is 3.81. The van der Waals surface area contributed by atoms with Crippen LogP contribution in [0.4, 0.5) is 5.69 Å². The molecule has 1 atom stereocenters. The predicted molar refractivity (Wildman–Crippen MR) is 81.4 cm³/mol. The van der Waals surface area contributed by atoms with Crippen molar-refractivity contribution >= 4 is 11.6 Å². The Balaban J connectivity index is 2.21. The molecule has 1 saturated heterocycles. The van der Waals surface area contributed by atoms with Crippen LogP contribution in [0.3, 0.4) is 0 Å². The van der Waals surface area contributed by atoms with Gasteiger partial charge < -0.3 is 0 Å². The molecule has 3 rings (SSSR count). The van der Waals surface area contributed by atoms with Gasteiger partial charge in [-0.1, -0.05) is 55.1 Å². The molecule has 0 aromatic heterocycles. The number of carbonyl (C=O) groups excluding carboxylic acids is 1. The van der Waals surface area contributed by atoms with Gasteiger partial charge in [0.15, 0.2) is 5.54 Å². The van der Waals surface area contributed by atoms with E-state index in [9.17, 15) is 10.1 Å². The number of amides is 1. The van der Waals surface area contributed by atoms with Crippen molar-refractivity contribution in [1.29, 1.82) is 5.26 Å². The molecule has 0 saturated carbocycles. The average molecular weight is 274 g/mol. The second-order valence-corrected chi connectivity index (χ2v) is 5.09. The minimum Gasteiger partial charge on any atom is -0.285 e. The monoisotopic (exact) mass is 274 g/mol. The fourth-order valence-electron chi connectivity index (χ4n) is 2.81. The lowest BCUT2D eigenvalue weighted by atomic mass is 9.87. The largest absolute Gasteiger partial charge is 0.285 e. The standard InChI is InChI=1S/C18H14N2O/c1-14-12-18(13-19,15-8-4-2-5-9-15)20(17(14)21)16-10-6-3-7-11-16/h2-11H,1,12H2. The molecule has 102 valence electrons. The molecular formula is C18H14N2O. The van der Waals surface area contributed by atoms with Gasteiger partial charge in [-0.3, -0.25) is 9.69 Å². The van der Waals surface area contributed by atoms with E-state index in [1.165, 1.54) is 0 Å². The molecule has 3 nitrogen and oxygen atoms in total. The Labute approximate surface area is 123 Å². The molecule has 2 aromatic rings. The van der Waals surface area contributed by atoms with E-state index in [0.717, 1.165) is 5.56 Å². The van der Waals surface area contributed by atoms with E-state index in [1.54, 1.807) is 4.90 Å². The Kier molecular flexibility index (Phi) is 3.08. The first-order valence-electron chi connectivity index (χ1n) is 6.73. The van der Waals surface area contributed by atoms with Gasteiger partial charge in [-0.05, 0) is 17.7 Å². The van der Waals surface area contributed by atoms with Crippen LogP contribution < -0.4 is 4.90 Å². The SMILES string of the molecule is C=C1CC(C#N)(c2ccccc2)N(c2ccccc2)C1=O. The molecule has 0 bridgehead atoms. The first-order valence-corrected chi connectivity index (χ1v) is 6.73. The summed E-state index contributed by atoms with van der Waals surface area (Å²) >= 11 is 0. The number of anilines is 1. The van der Waals surface area contributed by atoms with Gasteiger partial charge in [0.2, 0.25) is 0 Å². The Morgan fingerprint density at radius 3 is 2.19 bits per heavy atom. The van der Waals surface area contributed by atoms with Crippen molar-refractivity contribution in [1.82, 2.24) is 0 Å². The molecule has 1 aliphatic heterocycles. The minimum absolute atomic E-state index is 0.188. The third-order valence-corrected chi connectivity index (χ3v) is 3.81. The number of nitrogens with zero attached hydrogens (tertiary/aromatic N) is 2. The van der Waals surface area contributed by atoms with Crippen LogP contribution in [0.1, 0.15) is 12.0 Å². The van der Waals surface area contributed by atoms with Crippen molar-refractivity contribution in [2.75, 3.05) is 4.90 Å². The molecule has 0 N–H and O–H groups in total. The van der Waals surface area contributed by atoms with Crippen molar-refractivity contribution in [2.45, 2.75) is 12.0 Å². The van der Waals surface area contributed by atoms with Gasteiger partial charge in [0.25, 0.3) is 5.91 Å². The summed E-state index contributed by atoms with van der Waals surface area (Å²) in [6, 6.07) is 21.0. The molecule has 1 amide bonds. The predicted octanol–water partition coefficient (Wildman–Crippen LogP) is 3.40. The number of hydrogen-bond donors (Lipinski definition) is 0. The van der Waals surface area contributed by atoms with Crippen molar-refractivity contribution in [3.8, 4) is 6.07 Å². The highest BCUT2D eigenvalue weighted by Crippen LogP contribution is 2.43. The van der Waals surface area contributed by atoms with E-state index >= 15 is 0 Å². The highest BCUT2D eigenvalue weighted by molar-refractivity contribution is 6.10. The zero-order chi connectivity index (χ0) is 14.9. The van der Waals surface area contributed by atoms with E-state index < -0.39 is 5.54 Å². The first-order chi connectivity index (χ1) is 10.2. The van der Waals surface area contributed by atoms with Gasteiger partial charge >= 0.3 is 0 Å². The average Bonchev–Trinajstić information content (AvgIpc) is 2.81. The summed E-state index contributed by atoms with van der Waals surface area (Å²) in [6.07, 6.45) is 0.321. The Morgan fingerprint density at radius 1 is 1.05 bits per heavy atom. The molecule has 1 aliphatic rings. The highest BCUT2D eigenvalue weighted by Gasteiger charge is 2.50. The molecule has 3 heteroatoms. The minimum atomic E-state index is -1.02. The van der Waals surface area contributed by atoms with Crippen molar-refractivity contribution in [2.24, 2.45) is 0 Å². The van der Waals surface area contributed by atoms with Crippen LogP contribution >= 0.6 is 0 Å². The lowest BCUT2D eigenvalue weighted by Gasteiger charge is -2.32. The van der Waals surface area contributed by atoms with Crippen LogP contribution in [0, 0.1) is 11.3 Å². The number of rotatable bonds is 2. The molecule has 1 unspecified atom stereocenters. The molecule has 1 heterocycles. The fraction of sp³-hybridized carbons (Fsp3) is 0.111. The van der Waals surface area contributed by atoms with Gasteiger partial charge in [0.05, 0.1) is 6.07 Å². The summed E-state index contributed by atoms with van der Waals surface area (Å²) in [7, 11) is 0. The number of benzene rings is 2. The maximum atomic E-state index is 12.5. The molecule has 0 aliphatic carbocycles. The second kappa shape index (κ2) is 4.92. The number of nitriles is 1. The van der Waals surface area contributed by atoms with Crippen molar-refractivity contribution in [3.63, 3.8) is 0 Å². The van der Waals surface area contributed by atoms with E-state index in [1.807, 2.05) is 60.7 Å². The van der Waals surface area contributed by atoms with Crippen LogP contribution in [0.5, 0.6) is 0 Å². The molecule has 2 aromatic carbocycles. The smallest absolute Gasteiger partial charge is 0.255 e. The number of hydrogen-bond acceptors (Lipinski definition) is 2. The van der Waals surface area contributed by atoms with E-state index in [-0.39, 0.29) is 5.91 Å². The van der Waals surface area contributed by atoms with Gasteiger partial charge in [0.1, 0.15) is 0 Å². The maximum absolute atomic E-state index is 12.5. The highest BCUT2D eigenvalue weighted by atomic mass is 16.2. The summed E-state index contributed by atoms with van der Waals surface area (Å²) in [6.45, 7) is 3.84. The fourth-order valence-corrected chi connectivity index (χ4v) is 2.81.